The zero-order valence-electron chi connectivity index (χ0n) is 10.2. The van der Waals surface area contributed by atoms with E-state index in [1.54, 1.807) is 22.3 Å². The summed E-state index contributed by atoms with van der Waals surface area (Å²) in [5.74, 6) is 0.843. The first-order valence-electron chi connectivity index (χ1n) is 6.68. The molecule has 2 aliphatic carbocycles. The van der Waals surface area contributed by atoms with Gasteiger partial charge in [-0.15, -0.1) is 0 Å². The van der Waals surface area contributed by atoms with Crippen LogP contribution in [0.2, 0.25) is 0 Å². The molecule has 0 saturated heterocycles. The quantitative estimate of drug-likeness (QED) is 0.817. The van der Waals surface area contributed by atoms with Gasteiger partial charge >= 0.3 is 0 Å². The smallest absolute Gasteiger partial charge is 0.00461 e. The Morgan fingerprint density at radius 1 is 1.19 bits per heavy atom. The van der Waals surface area contributed by atoms with Gasteiger partial charge in [-0.2, -0.15) is 0 Å². The van der Waals surface area contributed by atoms with Gasteiger partial charge in [-0.3, -0.25) is 0 Å². The van der Waals surface area contributed by atoms with Crippen LogP contribution in [-0.4, -0.2) is 13.6 Å². The fourth-order valence-electron chi connectivity index (χ4n) is 3.55. The van der Waals surface area contributed by atoms with E-state index in [9.17, 15) is 0 Å². The van der Waals surface area contributed by atoms with E-state index in [0.29, 0.717) is 0 Å². The van der Waals surface area contributed by atoms with Gasteiger partial charge < -0.3 is 5.32 Å². The van der Waals surface area contributed by atoms with Crippen molar-refractivity contribution in [2.45, 2.75) is 44.4 Å². The first kappa shape index (κ1) is 10.3. The molecule has 0 amide bonds. The van der Waals surface area contributed by atoms with Gasteiger partial charge in [0.2, 0.25) is 0 Å². The monoisotopic (exact) mass is 215 g/mol. The predicted molar refractivity (Wildman–Crippen MR) is 68.1 cm³/mol. The fourth-order valence-corrected chi connectivity index (χ4v) is 3.55. The van der Waals surface area contributed by atoms with Crippen molar-refractivity contribution in [3.8, 4) is 0 Å². The Kier molecular flexibility index (Phi) is 2.72. The molecule has 0 bridgehead atoms. The number of hydrogen-bond donors (Lipinski definition) is 1. The Morgan fingerprint density at radius 2 is 2.06 bits per heavy atom. The van der Waals surface area contributed by atoms with Crippen LogP contribution >= 0.6 is 0 Å². The summed E-state index contributed by atoms with van der Waals surface area (Å²) < 4.78 is 0. The van der Waals surface area contributed by atoms with Gasteiger partial charge in [0.1, 0.15) is 0 Å². The van der Waals surface area contributed by atoms with Crippen molar-refractivity contribution in [3.05, 3.63) is 34.4 Å². The average molecular weight is 215 g/mol. The van der Waals surface area contributed by atoms with Crippen LogP contribution in [0.25, 0.3) is 0 Å². The summed E-state index contributed by atoms with van der Waals surface area (Å²) in [5.41, 5.74) is 6.79. The summed E-state index contributed by atoms with van der Waals surface area (Å²) in [7, 11) is 2.06. The van der Waals surface area contributed by atoms with Crippen LogP contribution in [0.1, 0.15) is 47.4 Å². The number of fused-ring (bicyclic) bond motifs is 3. The van der Waals surface area contributed by atoms with Crippen LogP contribution in [0.4, 0.5) is 0 Å². The Morgan fingerprint density at radius 3 is 2.94 bits per heavy atom. The predicted octanol–water partition coefficient (Wildman–Crippen LogP) is 2.81. The molecule has 0 fully saturated rings. The highest BCUT2D eigenvalue weighted by Crippen LogP contribution is 2.41. The maximum absolute atomic E-state index is 3.29. The van der Waals surface area contributed by atoms with Gasteiger partial charge in [0, 0.05) is 0 Å². The molecule has 1 aromatic carbocycles. The molecule has 1 heteroatoms. The van der Waals surface area contributed by atoms with E-state index in [4.69, 9.17) is 0 Å². The van der Waals surface area contributed by atoms with Crippen LogP contribution < -0.4 is 5.32 Å². The van der Waals surface area contributed by atoms with E-state index in [1.807, 2.05) is 0 Å². The Hall–Kier alpha value is -0.820. The largest absolute Gasteiger partial charge is 0.320 e. The number of nitrogens with one attached hydrogen (secondary N) is 1. The number of hydrogen-bond acceptors (Lipinski definition) is 1. The lowest BCUT2D eigenvalue weighted by atomic mass is 9.91. The molecule has 1 nitrogen and oxygen atoms in total. The summed E-state index contributed by atoms with van der Waals surface area (Å²) in [4.78, 5) is 0. The molecule has 0 spiro atoms. The molecule has 0 heterocycles. The number of benzene rings is 1. The van der Waals surface area contributed by atoms with Crippen molar-refractivity contribution in [2.24, 2.45) is 0 Å². The van der Waals surface area contributed by atoms with Crippen molar-refractivity contribution in [1.29, 1.82) is 0 Å². The van der Waals surface area contributed by atoms with Gasteiger partial charge in [0.15, 0.2) is 0 Å². The third-order valence-corrected chi connectivity index (χ3v) is 4.33. The van der Waals surface area contributed by atoms with Crippen molar-refractivity contribution < 1.29 is 0 Å². The molecular weight excluding hydrogens is 194 g/mol. The summed E-state index contributed by atoms with van der Waals surface area (Å²) in [5, 5.41) is 3.29. The van der Waals surface area contributed by atoms with Crippen LogP contribution in [0, 0.1) is 0 Å². The van der Waals surface area contributed by atoms with Crippen molar-refractivity contribution in [1.82, 2.24) is 5.32 Å². The molecule has 3 rings (SSSR count). The molecule has 2 aliphatic rings. The minimum atomic E-state index is 0.843. The first-order chi connectivity index (χ1) is 7.90. The Balaban J connectivity index is 1.94. The molecule has 0 aromatic heterocycles. The van der Waals surface area contributed by atoms with Crippen LogP contribution in [0.3, 0.4) is 0 Å². The van der Waals surface area contributed by atoms with E-state index in [2.05, 4.69) is 24.5 Å². The standard InChI is InChI=1S/C15H21N/c1-16-10-9-13-8-7-12-6-5-11-3-2-4-14(11)15(12)13/h5-6,13,16H,2-4,7-10H2,1H3. The number of rotatable bonds is 3. The summed E-state index contributed by atoms with van der Waals surface area (Å²) in [6.07, 6.45) is 8.06. The van der Waals surface area contributed by atoms with Crippen molar-refractivity contribution in [3.63, 3.8) is 0 Å². The van der Waals surface area contributed by atoms with Crippen LogP contribution in [0.15, 0.2) is 12.1 Å². The van der Waals surface area contributed by atoms with Crippen molar-refractivity contribution >= 4 is 0 Å². The van der Waals surface area contributed by atoms with E-state index in [1.165, 1.54) is 38.5 Å². The first-order valence-corrected chi connectivity index (χ1v) is 6.68. The van der Waals surface area contributed by atoms with E-state index < -0.39 is 0 Å². The molecular formula is C15H21N. The SMILES string of the molecule is CNCCC1CCc2ccc3c(c21)CCC3. The lowest BCUT2D eigenvalue weighted by Crippen LogP contribution is -2.11. The van der Waals surface area contributed by atoms with E-state index in [-0.39, 0.29) is 0 Å². The molecule has 16 heavy (non-hydrogen) atoms. The molecule has 1 aromatic rings. The highest BCUT2D eigenvalue weighted by molar-refractivity contribution is 5.48. The lowest BCUT2D eigenvalue weighted by Gasteiger charge is -2.15. The van der Waals surface area contributed by atoms with E-state index in [0.717, 1.165) is 12.5 Å². The lowest BCUT2D eigenvalue weighted by molar-refractivity contribution is 0.589. The van der Waals surface area contributed by atoms with Gasteiger partial charge in [-0.1, -0.05) is 12.1 Å². The Labute approximate surface area is 98.3 Å². The summed E-state index contributed by atoms with van der Waals surface area (Å²) in [6.45, 7) is 1.16. The molecule has 1 unspecified atom stereocenters. The maximum atomic E-state index is 3.29. The van der Waals surface area contributed by atoms with Gasteiger partial charge in [0.05, 0.1) is 0 Å². The maximum Gasteiger partial charge on any atom is -0.00461 e. The third kappa shape index (κ3) is 1.58. The molecule has 0 aliphatic heterocycles. The summed E-state index contributed by atoms with van der Waals surface area (Å²) >= 11 is 0. The average Bonchev–Trinajstić information content (AvgIpc) is 2.91. The second-order valence-corrected chi connectivity index (χ2v) is 5.26. The van der Waals surface area contributed by atoms with Gasteiger partial charge in [-0.05, 0) is 80.3 Å². The molecule has 0 saturated carbocycles. The molecule has 1 atom stereocenters. The molecule has 86 valence electrons. The van der Waals surface area contributed by atoms with E-state index >= 15 is 0 Å². The molecule has 1 N–H and O–H groups in total. The molecule has 0 radical (unpaired) electrons. The number of aryl methyl sites for hydroxylation is 2. The zero-order chi connectivity index (χ0) is 11.0. The second-order valence-electron chi connectivity index (χ2n) is 5.26. The minimum Gasteiger partial charge on any atom is -0.320 e. The fraction of sp³-hybridized carbons (Fsp3) is 0.600. The Bertz CT molecular complexity index is 395. The zero-order valence-corrected chi connectivity index (χ0v) is 10.2. The third-order valence-electron chi connectivity index (χ3n) is 4.33. The van der Waals surface area contributed by atoms with Gasteiger partial charge in [0.25, 0.3) is 0 Å². The second kappa shape index (κ2) is 4.21. The van der Waals surface area contributed by atoms with Crippen LogP contribution in [0.5, 0.6) is 0 Å². The minimum absolute atomic E-state index is 0.843. The topological polar surface area (TPSA) is 12.0 Å². The highest BCUT2D eigenvalue weighted by atomic mass is 14.8. The van der Waals surface area contributed by atoms with Crippen molar-refractivity contribution in [2.75, 3.05) is 13.6 Å². The highest BCUT2D eigenvalue weighted by Gasteiger charge is 2.27. The normalized spacial score (nSPS) is 22.2. The van der Waals surface area contributed by atoms with Gasteiger partial charge in [-0.25, -0.2) is 0 Å². The summed E-state index contributed by atoms with van der Waals surface area (Å²) in [6, 6.07) is 4.79. The van der Waals surface area contributed by atoms with Crippen LogP contribution in [-0.2, 0) is 19.3 Å².